The number of nitrogens with one attached hydrogen (secondary N) is 1. The van der Waals surface area contributed by atoms with Gasteiger partial charge in [-0.15, -0.1) is 0 Å². The number of nitrogens with zero attached hydrogens (tertiary/aromatic N) is 1. The van der Waals surface area contributed by atoms with Gasteiger partial charge in [0.1, 0.15) is 0 Å². The van der Waals surface area contributed by atoms with E-state index in [1.165, 1.54) is 0 Å². The maximum atomic E-state index is 12.0. The summed E-state index contributed by atoms with van der Waals surface area (Å²) in [5.41, 5.74) is 0.227. The third kappa shape index (κ3) is 5.80. The van der Waals surface area contributed by atoms with Crippen LogP contribution >= 0.6 is 0 Å². The number of amides is 2. The van der Waals surface area contributed by atoms with Crippen LogP contribution in [0.2, 0.25) is 0 Å². The molecule has 5 nitrogen and oxygen atoms in total. The van der Waals surface area contributed by atoms with Gasteiger partial charge in [-0.1, -0.05) is 27.2 Å². The average Bonchev–Trinajstić information content (AvgIpc) is 2.73. The molecule has 1 aliphatic rings. The number of likely N-dealkylation sites (tertiary alicyclic amines) is 1. The summed E-state index contributed by atoms with van der Waals surface area (Å²) in [6.45, 7) is 8.70. The molecule has 0 aliphatic carbocycles. The highest BCUT2D eigenvalue weighted by Gasteiger charge is 2.31. The number of urea groups is 1. The number of carboxylic acids is 1. The van der Waals surface area contributed by atoms with E-state index in [1.807, 2.05) is 4.90 Å². The molecule has 0 aromatic rings. The van der Waals surface area contributed by atoms with Crippen LogP contribution in [0.15, 0.2) is 0 Å². The zero-order valence-corrected chi connectivity index (χ0v) is 12.9. The van der Waals surface area contributed by atoms with E-state index in [0.717, 1.165) is 32.4 Å². The second-order valence-corrected chi connectivity index (χ2v) is 6.56. The molecular weight excluding hydrogens is 256 g/mol. The fraction of sp³-hybridized carbons (Fsp3) is 0.867. The first-order chi connectivity index (χ1) is 9.34. The van der Waals surface area contributed by atoms with Crippen molar-refractivity contribution < 1.29 is 14.7 Å². The van der Waals surface area contributed by atoms with Crippen LogP contribution in [0.5, 0.6) is 0 Å². The molecule has 0 saturated carbocycles. The lowest BCUT2D eigenvalue weighted by atomic mass is 9.93. The first-order valence-corrected chi connectivity index (χ1v) is 7.58. The van der Waals surface area contributed by atoms with Crippen LogP contribution in [0, 0.1) is 11.3 Å². The van der Waals surface area contributed by atoms with E-state index in [1.54, 1.807) is 0 Å². The Hall–Kier alpha value is -1.26. The van der Waals surface area contributed by atoms with Crippen molar-refractivity contribution in [3.63, 3.8) is 0 Å². The van der Waals surface area contributed by atoms with Crippen LogP contribution in [0.25, 0.3) is 0 Å². The highest BCUT2D eigenvalue weighted by molar-refractivity contribution is 5.74. The van der Waals surface area contributed by atoms with Crippen LogP contribution < -0.4 is 5.32 Å². The number of carbonyl (C=O) groups is 2. The van der Waals surface area contributed by atoms with E-state index in [0.29, 0.717) is 18.9 Å². The molecule has 0 aromatic carbocycles. The number of hydrogen-bond donors (Lipinski definition) is 2. The molecule has 116 valence electrons. The quantitative estimate of drug-likeness (QED) is 0.755. The molecule has 0 bridgehead atoms. The van der Waals surface area contributed by atoms with Gasteiger partial charge in [-0.05, 0) is 30.6 Å². The number of hydrogen-bond acceptors (Lipinski definition) is 2. The molecule has 0 aromatic heterocycles. The van der Waals surface area contributed by atoms with Crippen molar-refractivity contribution in [2.75, 3.05) is 19.6 Å². The first kappa shape index (κ1) is 16.8. The Labute approximate surface area is 121 Å². The molecule has 1 rings (SSSR count). The average molecular weight is 284 g/mol. The number of rotatable bonds is 7. The fourth-order valence-corrected chi connectivity index (χ4v) is 2.66. The minimum absolute atomic E-state index is 0.0173. The maximum Gasteiger partial charge on any atom is 0.317 e. The third-order valence-electron chi connectivity index (χ3n) is 4.14. The smallest absolute Gasteiger partial charge is 0.317 e. The Kier molecular flexibility index (Phi) is 6.30. The lowest BCUT2D eigenvalue weighted by Gasteiger charge is -2.21. The Balaban J connectivity index is 2.22. The molecule has 20 heavy (non-hydrogen) atoms. The van der Waals surface area contributed by atoms with Gasteiger partial charge in [0, 0.05) is 26.1 Å². The van der Waals surface area contributed by atoms with E-state index >= 15 is 0 Å². The van der Waals surface area contributed by atoms with Gasteiger partial charge in [0.2, 0.25) is 0 Å². The Bertz CT molecular complexity index is 342. The molecule has 1 fully saturated rings. The molecule has 2 N–H and O–H groups in total. The zero-order valence-electron chi connectivity index (χ0n) is 12.9. The predicted octanol–water partition coefficient (Wildman–Crippen LogP) is 2.71. The zero-order chi connectivity index (χ0) is 15.2. The van der Waals surface area contributed by atoms with Crippen LogP contribution in [-0.2, 0) is 4.79 Å². The van der Waals surface area contributed by atoms with Crippen molar-refractivity contribution >= 4 is 12.0 Å². The maximum absolute atomic E-state index is 12.0. The van der Waals surface area contributed by atoms with E-state index < -0.39 is 5.97 Å². The van der Waals surface area contributed by atoms with E-state index in [4.69, 9.17) is 5.11 Å². The standard InChI is InChI=1S/C15H28N2O3/c1-4-12(5-6-13(18)19)7-9-16-14(20)17-10-8-15(2,3)11-17/h12H,4-11H2,1-3H3,(H,16,20)(H,18,19). The van der Waals surface area contributed by atoms with Crippen molar-refractivity contribution in [1.82, 2.24) is 10.2 Å². The van der Waals surface area contributed by atoms with Crippen LogP contribution in [-0.4, -0.2) is 41.6 Å². The summed E-state index contributed by atoms with van der Waals surface area (Å²) in [6.07, 6.45) is 3.77. The number of carboxylic acid groups (broad SMARTS) is 1. The minimum Gasteiger partial charge on any atom is -0.481 e. The summed E-state index contributed by atoms with van der Waals surface area (Å²) in [4.78, 5) is 24.4. The molecule has 5 heteroatoms. The van der Waals surface area contributed by atoms with E-state index in [2.05, 4.69) is 26.1 Å². The monoisotopic (exact) mass is 284 g/mol. The van der Waals surface area contributed by atoms with Crippen molar-refractivity contribution in [1.29, 1.82) is 0 Å². The molecule has 1 unspecified atom stereocenters. The summed E-state index contributed by atoms with van der Waals surface area (Å²) < 4.78 is 0. The predicted molar refractivity (Wildman–Crippen MR) is 78.6 cm³/mol. The topological polar surface area (TPSA) is 69.6 Å². The van der Waals surface area contributed by atoms with Crippen LogP contribution in [0.4, 0.5) is 4.79 Å². The normalized spacial score (nSPS) is 18.9. The molecule has 1 atom stereocenters. The summed E-state index contributed by atoms with van der Waals surface area (Å²) in [6, 6.07) is 0.0173. The van der Waals surface area contributed by atoms with Gasteiger partial charge in [-0.2, -0.15) is 0 Å². The highest BCUT2D eigenvalue weighted by Crippen LogP contribution is 2.28. The van der Waals surface area contributed by atoms with Gasteiger partial charge < -0.3 is 15.3 Å². The van der Waals surface area contributed by atoms with Crippen molar-refractivity contribution in [2.24, 2.45) is 11.3 Å². The molecule has 0 radical (unpaired) electrons. The minimum atomic E-state index is -0.744. The number of aliphatic carboxylic acids is 1. The summed E-state index contributed by atoms with van der Waals surface area (Å²) in [7, 11) is 0. The molecule has 2 amide bonds. The van der Waals surface area contributed by atoms with E-state index in [-0.39, 0.29) is 17.9 Å². The molecule has 1 saturated heterocycles. The number of carbonyl (C=O) groups excluding carboxylic acids is 1. The van der Waals surface area contributed by atoms with Crippen molar-refractivity contribution in [3.8, 4) is 0 Å². The summed E-state index contributed by atoms with van der Waals surface area (Å²) in [5.74, 6) is -0.367. The molecule has 0 spiro atoms. The van der Waals surface area contributed by atoms with E-state index in [9.17, 15) is 9.59 Å². The van der Waals surface area contributed by atoms with Crippen molar-refractivity contribution in [2.45, 2.75) is 52.9 Å². The second kappa shape index (κ2) is 7.50. The third-order valence-corrected chi connectivity index (χ3v) is 4.14. The van der Waals surface area contributed by atoms with Crippen LogP contribution in [0.3, 0.4) is 0 Å². The lowest BCUT2D eigenvalue weighted by Crippen LogP contribution is -2.40. The molecule has 1 aliphatic heterocycles. The SMILES string of the molecule is CCC(CCNC(=O)N1CCC(C)(C)C1)CCC(=O)O. The summed E-state index contributed by atoms with van der Waals surface area (Å²) >= 11 is 0. The van der Waals surface area contributed by atoms with Crippen molar-refractivity contribution in [3.05, 3.63) is 0 Å². The van der Waals surface area contributed by atoms with Gasteiger partial charge in [0.25, 0.3) is 0 Å². The lowest BCUT2D eigenvalue weighted by molar-refractivity contribution is -0.137. The Morgan fingerprint density at radius 3 is 2.55 bits per heavy atom. The van der Waals surface area contributed by atoms with Gasteiger partial charge in [0.05, 0.1) is 0 Å². The highest BCUT2D eigenvalue weighted by atomic mass is 16.4. The van der Waals surface area contributed by atoms with Gasteiger partial charge >= 0.3 is 12.0 Å². The Morgan fingerprint density at radius 2 is 2.05 bits per heavy atom. The summed E-state index contributed by atoms with van der Waals surface area (Å²) in [5, 5.41) is 11.6. The molecular formula is C15H28N2O3. The largest absolute Gasteiger partial charge is 0.481 e. The van der Waals surface area contributed by atoms with Gasteiger partial charge in [-0.25, -0.2) is 4.79 Å². The van der Waals surface area contributed by atoms with Crippen LogP contribution in [0.1, 0.15) is 52.9 Å². The Morgan fingerprint density at radius 1 is 1.35 bits per heavy atom. The first-order valence-electron chi connectivity index (χ1n) is 7.58. The second-order valence-electron chi connectivity index (χ2n) is 6.56. The fourth-order valence-electron chi connectivity index (χ4n) is 2.66. The van der Waals surface area contributed by atoms with Gasteiger partial charge in [-0.3, -0.25) is 4.79 Å². The van der Waals surface area contributed by atoms with Gasteiger partial charge in [0.15, 0.2) is 0 Å². The molecule has 1 heterocycles.